The predicted octanol–water partition coefficient (Wildman–Crippen LogP) is 5.34. The zero-order valence-electron chi connectivity index (χ0n) is 14.3. The Morgan fingerprint density at radius 1 is 1.15 bits per heavy atom. The predicted molar refractivity (Wildman–Crippen MR) is 94.5 cm³/mol. The maximum atomic E-state index is 12.7. The number of aryl methyl sites for hydroxylation is 1. The number of halogens is 3. The molecule has 3 nitrogen and oxygen atoms in total. The van der Waals surface area contributed by atoms with Crippen LogP contribution in [0, 0.1) is 6.92 Å². The van der Waals surface area contributed by atoms with E-state index in [1.807, 2.05) is 30.3 Å². The minimum absolute atomic E-state index is 0.186. The summed E-state index contributed by atoms with van der Waals surface area (Å²) in [6.07, 6.45) is -1.06. The van der Waals surface area contributed by atoms with Crippen molar-refractivity contribution in [2.45, 2.75) is 26.1 Å². The van der Waals surface area contributed by atoms with Gasteiger partial charge in [0.1, 0.15) is 6.61 Å². The van der Waals surface area contributed by atoms with Crippen molar-refractivity contribution < 1.29 is 22.7 Å². The Morgan fingerprint density at radius 3 is 2.58 bits per heavy atom. The van der Waals surface area contributed by atoms with Crippen molar-refractivity contribution in [2.24, 2.45) is 0 Å². The largest absolute Gasteiger partial charge is 0.445 e. The molecule has 0 heterocycles. The molecule has 0 spiro atoms. The van der Waals surface area contributed by atoms with Crippen molar-refractivity contribution in [3.8, 4) is 0 Å². The van der Waals surface area contributed by atoms with Gasteiger partial charge in [0, 0.05) is 6.54 Å². The van der Waals surface area contributed by atoms with E-state index >= 15 is 0 Å². The van der Waals surface area contributed by atoms with E-state index in [-0.39, 0.29) is 6.61 Å². The van der Waals surface area contributed by atoms with Crippen molar-refractivity contribution in [1.82, 2.24) is 5.32 Å². The molecular formula is C20H20F3NO2. The van der Waals surface area contributed by atoms with Crippen LogP contribution >= 0.6 is 0 Å². The van der Waals surface area contributed by atoms with Gasteiger partial charge in [-0.05, 0) is 42.2 Å². The first-order valence-electron chi connectivity index (χ1n) is 8.15. The van der Waals surface area contributed by atoms with Gasteiger partial charge in [-0.2, -0.15) is 13.2 Å². The minimum Gasteiger partial charge on any atom is -0.445 e. The van der Waals surface area contributed by atoms with Crippen LogP contribution in [0.2, 0.25) is 0 Å². The zero-order valence-corrected chi connectivity index (χ0v) is 14.3. The molecule has 0 saturated carbocycles. The lowest BCUT2D eigenvalue weighted by Crippen LogP contribution is -2.24. The molecule has 0 aliphatic rings. The van der Waals surface area contributed by atoms with Gasteiger partial charge in [-0.3, -0.25) is 0 Å². The highest BCUT2D eigenvalue weighted by atomic mass is 19.4. The lowest BCUT2D eigenvalue weighted by atomic mass is 10.0. The summed E-state index contributed by atoms with van der Waals surface area (Å²) in [6.45, 7) is 2.27. The molecule has 0 fully saturated rings. The molecule has 2 rings (SSSR count). The fraction of sp³-hybridized carbons (Fsp3) is 0.250. The number of alkyl halides is 3. The summed E-state index contributed by atoms with van der Waals surface area (Å²) in [5.74, 6) is 0. The van der Waals surface area contributed by atoms with Crippen LogP contribution < -0.4 is 5.32 Å². The van der Waals surface area contributed by atoms with Gasteiger partial charge in [-0.25, -0.2) is 4.79 Å². The summed E-state index contributed by atoms with van der Waals surface area (Å²) < 4.78 is 43.3. The third kappa shape index (κ3) is 6.27. The van der Waals surface area contributed by atoms with Crippen LogP contribution in [0.3, 0.4) is 0 Å². The smallest absolute Gasteiger partial charge is 0.416 e. The number of hydrogen-bond donors (Lipinski definition) is 1. The van der Waals surface area contributed by atoms with Gasteiger partial charge in [0.2, 0.25) is 0 Å². The summed E-state index contributed by atoms with van der Waals surface area (Å²) in [7, 11) is 0. The Bertz CT molecular complexity index is 755. The number of carbonyl (C=O) groups excluding carboxylic acids is 1. The van der Waals surface area contributed by atoms with Gasteiger partial charge in [0.25, 0.3) is 0 Å². The van der Waals surface area contributed by atoms with Crippen molar-refractivity contribution in [1.29, 1.82) is 0 Å². The number of rotatable bonds is 6. The van der Waals surface area contributed by atoms with Crippen LogP contribution in [0.5, 0.6) is 0 Å². The lowest BCUT2D eigenvalue weighted by molar-refractivity contribution is -0.137. The second kappa shape index (κ2) is 9.08. The fourth-order valence-corrected chi connectivity index (χ4v) is 2.24. The zero-order chi connectivity index (χ0) is 19.0. The van der Waals surface area contributed by atoms with Crippen LogP contribution in [0.4, 0.5) is 18.0 Å². The second-order valence-electron chi connectivity index (χ2n) is 5.75. The molecule has 0 aromatic heterocycles. The Balaban J connectivity index is 1.76. The Morgan fingerprint density at radius 2 is 1.88 bits per heavy atom. The molecule has 0 bridgehead atoms. The number of alkyl carbamates (subject to hydrolysis) is 1. The average Bonchev–Trinajstić information content (AvgIpc) is 2.61. The maximum Gasteiger partial charge on any atom is 0.416 e. The fourth-order valence-electron chi connectivity index (χ4n) is 2.24. The maximum absolute atomic E-state index is 12.7. The average molecular weight is 363 g/mol. The van der Waals surface area contributed by atoms with Crippen LogP contribution in [0.15, 0.2) is 54.6 Å². The first kappa shape index (κ1) is 19.6. The molecule has 138 valence electrons. The number of ether oxygens (including phenoxy) is 1. The van der Waals surface area contributed by atoms with Crippen molar-refractivity contribution in [3.05, 3.63) is 76.9 Å². The monoisotopic (exact) mass is 363 g/mol. The van der Waals surface area contributed by atoms with Gasteiger partial charge >= 0.3 is 12.3 Å². The van der Waals surface area contributed by atoms with E-state index in [4.69, 9.17) is 4.74 Å². The lowest BCUT2D eigenvalue weighted by Gasteiger charge is -2.09. The summed E-state index contributed by atoms with van der Waals surface area (Å²) in [5, 5.41) is 2.60. The Kier molecular flexibility index (Phi) is 6.83. The first-order valence-corrected chi connectivity index (χ1v) is 8.15. The molecule has 0 aliphatic carbocycles. The molecule has 0 atom stereocenters. The molecule has 2 aromatic rings. The molecule has 26 heavy (non-hydrogen) atoms. The molecule has 1 amide bonds. The molecule has 2 aromatic carbocycles. The molecule has 0 unspecified atom stereocenters. The van der Waals surface area contributed by atoms with E-state index in [2.05, 4.69) is 5.32 Å². The van der Waals surface area contributed by atoms with E-state index < -0.39 is 17.8 Å². The summed E-state index contributed by atoms with van der Waals surface area (Å²) in [5.41, 5.74) is 1.48. The number of benzene rings is 2. The molecule has 0 saturated heterocycles. The van der Waals surface area contributed by atoms with E-state index in [0.717, 1.165) is 23.3 Å². The Hall–Kier alpha value is -2.76. The minimum atomic E-state index is -4.36. The van der Waals surface area contributed by atoms with E-state index in [0.29, 0.717) is 18.5 Å². The summed E-state index contributed by atoms with van der Waals surface area (Å²) in [4.78, 5) is 11.6. The molecule has 0 radical (unpaired) electrons. The summed E-state index contributed by atoms with van der Waals surface area (Å²) >= 11 is 0. The highest BCUT2D eigenvalue weighted by Gasteiger charge is 2.30. The van der Waals surface area contributed by atoms with Gasteiger partial charge in [0.15, 0.2) is 0 Å². The Labute approximate surface area is 150 Å². The van der Waals surface area contributed by atoms with E-state index in [1.165, 1.54) is 6.07 Å². The highest BCUT2D eigenvalue weighted by molar-refractivity contribution is 5.67. The van der Waals surface area contributed by atoms with Gasteiger partial charge in [0.05, 0.1) is 5.56 Å². The third-order valence-corrected chi connectivity index (χ3v) is 3.70. The van der Waals surface area contributed by atoms with Crippen LogP contribution in [0.1, 0.15) is 28.7 Å². The molecular weight excluding hydrogens is 343 g/mol. The first-order chi connectivity index (χ1) is 12.4. The summed E-state index contributed by atoms with van der Waals surface area (Å²) in [6, 6.07) is 12.9. The third-order valence-electron chi connectivity index (χ3n) is 3.70. The number of hydrogen-bond acceptors (Lipinski definition) is 2. The van der Waals surface area contributed by atoms with Crippen molar-refractivity contribution in [2.75, 3.05) is 6.54 Å². The number of carbonyl (C=O) groups is 1. The van der Waals surface area contributed by atoms with Crippen LogP contribution in [0.25, 0.3) is 6.08 Å². The van der Waals surface area contributed by atoms with Gasteiger partial charge < -0.3 is 10.1 Å². The second-order valence-corrected chi connectivity index (χ2v) is 5.75. The standard InChI is InChI=1S/C20H20F3NO2/c1-15-10-11-18(20(21,22)23)13-17(15)9-5-6-12-24-19(25)26-14-16-7-3-2-4-8-16/h2-5,7-11,13H,6,12,14H2,1H3,(H,24,25). The highest BCUT2D eigenvalue weighted by Crippen LogP contribution is 2.30. The van der Waals surface area contributed by atoms with Crippen LogP contribution in [-0.4, -0.2) is 12.6 Å². The SMILES string of the molecule is Cc1ccc(C(F)(F)F)cc1C=CCCNC(=O)OCc1ccccc1. The van der Waals surface area contributed by atoms with E-state index in [9.17, 15) is 18.0 Å². The van der Waals surface area contributed by atoms with Crippen molar-refractivity contribution in [3.63, 3.8) is 0 Å². The normalized spacial score (nSPS) is 11.5. The molecule has 0 aliphatic heterocycles. The number of nitrogens with one attached hydrogen (secondary N) is 1. The topological polar surface area (TPSA) is 38.3 Å². The number of amides is 1. The van der Waals surface area contributed by atoms with Crippen LogP contribution in [-0.2, 0) is 17.5 Å². The van der Waals surface area contributed by atoms with E-state index in [1.54, 1.807) is 19.1 Å². The molecule has 6 heteroatoms. The quantitative estimate of drug-likeness (QED) is 0.703. The molecule has 1 N–H and O–H groups in total. The van der Waals surface area contributed by atoms with Crippen molar-refractivity contribution >= 4 is 12.2 Å². The van der Waals surface area contributed by atoms with Gasteiger partial charge in [-0.15, -0.1) is 0 Å². The van der Waals surface area contributed by atoms with Gasteiger partial charge in [-0.1, -0.05) is 48.6 Å².